The third-order valence-corrected chi connectivity index (χ3v) is 4.86. The molecule has 3 rings (SSSR count). The van der Waals surface area contributed by atoms with Crippen LogP contribution < -0.4 is 4.57 Å². The van der Waals surface area contributed by atoms with E-state index in [0.29, 0.717) is 11.5 Å². The fraction of sp³-hybridized carbons (Fsp3) is 0.208. The van der Waals surface area contributed by atoms with Crippen molar-refractivity contribution in [1.82, 2.24) is 4.57 Å². The van der Waals surface area contributed by atoms with Crippen LogP contribution in [-0.4, -0.2) is 4.57 Å². The van der Waals surface area contributed by atoms with Gasteiger partial charge in [0.25, 0.3) is 5.82 Å². The molecule has 3 nitrogen and oxygen atoms in total. The minimum Gasteiger partial charge on any atom is -0.458 e. The minimum atomic E-state index is -0.272. The van der Waals surface area contributed by atoms with Crippen molar-refractivity contribution < 1.29 is 9.30 Å². The first-order valence-electron chi connectivity index (χ1n) is 9.06. The molecule has 1 aliphatic rings. The molecule has 0 bridgehead atoms. The summed E-state index contributed by atoms with van der Waals surface area (Å²) in [4.78, 5) is 0. The Labute approximate surface area is 161 Å². The molecule has 0 saturated heterocycles. The summed E-state index contributed by atoms with van der Waals surface area (Å²) in [5.41, 5.74) is 3.89. The number of pyridine rings is 1. The topological polar surface area (TPSA) is 18.0 Å². The van der Waals surface area contributed by atoms with E-state index in [4.69, 9.17) is 4.74 Å². The molecule has 0 spiro atoms. The third-order valence-electron chi connectivity index (χ3n) is 4.86. The summed E-state index contributed by atoms with van der Waals surface area (Å²) in [6, 6.07) is 6.17. The lowest BCUT2D eigenvalue weighted by molar-refractivity contribution is -0.665. The van der Waals surface area contributed by atoms with Gasteiger partial charge in [-0.2, -0.15) is 4.57 Å². The quantitative estimate of drug-likeness (QED) is 0.678. The molecule has 3 heteroatoms. The predicted molar refractivity (Wildman–Crippen MR) is 113 cm³/mol. The molecule has 138 valence electrons. The lowest BCUT2D eigenvalue weighted by Crippen LogP contribution is -2.35. The maximum absolute atomic E-state index is 5.91. The van der Waals surface area contributed by atoms with Gasteiger partial charge < -0.3 is 4.74 Å². The molecule has 0 aliphatic carbocycles. The zero-order valence-corrected chi connectivity index (χ0v) is 16.6. The molecule has 3 heterocycles. The number of aromatic nitrogens is 2. The first-order chi connectivity index (χ1) is 12.8. The summed E-state index contributed by atoms with van der Waals surface area (Å²) in [5, 5.41) is 0. The summed E-state index contributed by atoms with van der Waals surface area (Å²) in [5.74, 6) is 2.23. The molecule has 0 amide bonds. The largest absolute Gasteiger partial charge is 0.458 e. The molecule has 2 aromatic rings. The van der Waals surface area contributed by atoms with E-state index in [1.54, 1.807) is 0 Å². The Hall–Kier alpha value is -3.07. The Kier molecular flexibility index (Phi) is 4.79. The predicted octanol–water partition coefficient (Wildman–Crippen LogP) is 5.33. The van der Waals surface area contributed by atoms with Gasteiger partial charge >= 0.3 is 0 Å². The average molecular weight is 359 g/mol. The second-order valence-electron chi connectivity index (χ2n) is 7.28. The third kappa shape index (κ3) is 3.10. The number of fused-ring (bicyclic) bond motifs is 1. The number of ether oxygens (including phenoxy) is 1. The molecule has 2 aromatic heterocycles. The first-order valence-corrected chi connectivity index (χ1v) is 9.06. The smallest absolute Gasteiger partial charge is 0.286 e. The number of nitrogens with zero attached hydrogens (tertiary/aromatic N) is 2. The van der Waals surface area contributed by atoms with Crippen molar-refractivity contribution in [1.29, 1.82) is 0 Å². The van der Waals surface area contributed by atoms with Crippen molar-refractivity contribution in [2.75, 3.05) is 0 Å². The van der Waals surface area contributed by atoms with Crippen LogP contribution >= 0.6 is 0 Å². The molecular formula is C24H27N2O+. The van der Waals surface area contributed by atoms with Crippen LogP contribution in [0.2, 0.25) is 0 Å². The van der Waals surface area contributed by atoms with Crippen LogP contribution in [0.3, 0.4) is 0 Å². The zero-order chi connectivity index (χ0) is 19.8. The summed E-state index contributed by atoms with van der Waals surface area (Å²) in [7, 11) is 2.04. The Morgan fingerprint density at radius 1 is 1.22 bits per heavy atom. The lowest BCUT2D eigenvalue weighted by atomic mass is 9.84. The van der Waals surface area contributed by atoms with Crippen molar-refractivity contribution in [3.05, 3.63) is 90.6 Å². The van der Waals surface area contributed by atoms with Crippen molar-refractivity contribution in [3.8, 4) is 5.82 Å². The highest BCUT2D eigenvalue weighted by Gasteiger charge is 2.38. The van der Waals surface area contributed by atoms with Crippen LogP contribution in [0.4, 0.5) is 0 Å². The Bertz CT molecular complexity index is 1000. The van der Waals surface area contributed by atoms with Crippen LogP contribution in [0.25, 0.3) is 23.7 Å². The van der Waals surface area contributed by atoms with E-state index >= 15 is 0 Å². The number of hydrogen-bond acceptors (Lipinski definition) is 1. The van der Waals surface area contributed by atoms with Gasteiger partial charge in [-0.05, 0) is 39.0 Å². The second-order valence-corrected chi connectivity index (χ2v) is 7.28. The van der Waals surface area contributed by atoms with Gasteiger partial charge in [0.15, 0.2) is 0 Å². The zero-order valence-electron chi connectivity index (χ0n) is 16.6. The van der Waals surface area contributed by atoms with E-state index in [2.05, 4.69) is 60.9 Å². The minimum absolute atomic E-state index is 0.272. The van der Waals surface area contributed by atoms with Crippen LogP contribution in [-0.2, 0) is 17.2 Å². The molecule has 0 radical (unpaired) electrons. The van der Waals surface area contributed by atoms with Gasteiger partial charge in [0, 0.05) is 17.0 Å². The van der Waals surface area contributed by atoms with Crippen molar-refractivity contribution in [2.45, 2.75) is 26.2 Å². The monoisotopic (exact) mass is 359 g/mol. The SMILES string of the molecule is C=Cc1c(/C=C\C)c2c(n1-c1cccc[n+]1C)C(C)(C)/C=C\C(=C)OC2=C. The molecule has 0 unspecified atom stereocenters. The Morgan fingerprint density at radius 2 is 1.96 bits per heavy atom. The summed E-state index contributed by atoms with van der Waals surface area (Å²) in [6.07, 6.45) is 12.1. The molecule has 0 saturated carbocycles. The van der Waals surface area contributed by atoms with Gasteiger partial charge in [0.2, 0.25) is 0 Å². The Morgan fingerprint density at radius 3 is 2.59 bits per heavy atom. The van der Waals surface area contributed by atoms with Crippen LogP contribution in [0.1, 0.15) is 43.3 Å². The molecular weight excluding hydrogens is 332 g/mol. The normalized spacial score (nSPS) is 17.2. The number of aryl methyl sites for hydroxylation is 1. The van der Waals surface area contributed by atoms with E-state index in [0.717, 1.165) is 28.3 Å². The fourth-order valence-electron chi connectivity index (χ4n) is 3.65. The first kappa shape index (κ1) is 18.7. The van der Waals surface area contributed by atoms with E-state index in [1.807, 2.05) is 50.5 Å². The van der Waals surface area contributed by atoms with E-state index in [9.17, 15) is 0 Å². The van der Waals surface area contributed by atoms with Gasteiger partial charge in [-0.15, -0.1) is 0 Å². The van der Waals surface area contributed by atoms with Crippen molar-refractivity contribution in [3.63, 3.8) is 0 Å². The van der Waals surface area contributed by atoms with Crippen molar-refractivity contribution in [2.24, 2.45) is 7.05 Å². The highest BCUT2D eigenvalue weighted by atomic mass is 16.5. The Balaban J connectivity index is 2.54. The van der Waals surface area contributed by atoms with Crippen LogP contribution in [0, 0.1) is 0 Å². The molecule has 0 aromatic carbocycles. The highest BCUT2D eigenvalue weighted by Crippen LogP contribution is 2.42. The van der Waals surface area contributed by atoms with Crippen LogP contribution in [0.15, 0.2) is 68.1 Å². The van der Waals surface area contributed by atoms with Gasteiger partial charge in [-0.3, -0.25) is 0 Å². The summed E-state index contributed by atoms with van der Waals surface area (Å²) >= 11 is 0. The molecule has 27 heavy (non-hydrogen) atoms. The molecule has 0 N–H and O–H groups in total. The molecule has 0 fully saturated rings. The molecule has 0 atom stereocenters. The van der Waals surface area contributed by atoms with E-state index < -0.39 is 0 Å². The fourth-order valence-corrected chi connectivity index (χ4v) is 3.65. The second kappa shape index (κ2) is 6.92. The number of rotatable bonds is 3. The van der Waals surface area contributed by atoms with E-state index in [-0.39, 0.29) is 5.41 Å². The van der Waals surface area contributed by atoms with Gasteiger partial charge in [0.05, 0.1) is 18.8 Å². The number of hydrogen-bond donors (Lipinski definition) is 0. The maximum Gasteiger partial charge on any atom is 0.286 e. The molecule has 1 aliphatic heterocycles. The van der Waals surface area contributed by atoms with Gasteiger partial charge in [-0.1, -0.05) is 44.0 Å². The average Bonchev–Trinajstić information content (AvgIpc) is 2.95. The standard InChI is InChI=1S/C24H27N2O/c1-8-12-19-20(9-2)26(21-13-10-11-16-25(21)7)23-22(19)18(4)27-17(3)14-15-24(23,5)6/h8-16H,2-4H2,1,5-7H3/q+1/b12-8-,15-14-. The summed E-state index contributed by atoms with van der Waals surface area (Å²) in [6.45, 7) is 18.7. The number of allylic oxidation sites excluding steroid dienone is 3. The lowest BCUT2D eigenvalue weighted by Gasteiger charge is -2.24. The highest BCUT2D eigenvalue weighted by molar-refractivity contribution is 5.80. The van der Waals surface area contributed by atoms with Crippen LogP contribution in [0.5, 0.6) is 0 Å². The summed E-state index contributed by atoms with van der Waals surface area (Å²) < 4.78 is 10.3. The van der Waals surface area contributed by atoms with Gasteiger partial charge in [-0.25, -0.2) is 4.57 Å². The van der Waals surface area contributed by atoms with E-state index in [1.165, 1.54) is 0 Å². The van der Waals surface area contributed by atoms with Crippen molar-refractivity contribution >= 4 is 17.9 Å². The maximum atomic E-state index is 5.91. The van der Waals surface area contributed by atoms with Gasteiger partial charge in [0.1, 0.15) is 22.9 Å².